The summed E-state index contributed by atoms with van der Waals surface area (Å²) in [6.45, 7) is 1.56. The standard InChI is InChI=1S/C22H19NO5S/c1-22(9-8-14(24)12-19(22)26)23-20(27)15-6-4-13(11-16(15)21(23)28)5-7-17(25)18-3-2-10-29-18/h2-4,6,10-11H,5,7-9,12H2,1H3/t22-/m0/s1. The van der Waals surface area contributed by atoms with Crippen LogP contribution in [0, 0.1) is 0 Å². The Morgan fingerprint density at radius 2 is 1.86 bits per heavy atom. The van der Waals surface area contributed by atoms with E-state index in [4.69, 9.17) is 0 Å². The molecule has 0 N–H and O–H groups in total. The minimum Gasteiger partial charge on any atom is -0.299 e. The predicted octanol–water partition coefficient (Wildman–Crippen LogP) is 3.24. The molecule has 1 atom stereocenters. The molecule has 2 aromatic rings. The predicted molar refractivity (Wildman–Crippen MR) is 106 cm³/mol. The Kier molecular flexibility index (Phi) is 4.78. The molecule has 2 aliphatic rings. The van der Waals surface area contributed by atoms with Crippen molar-refractivity contribution in [2.75, 3.05) is 0 Å². The average molecular weight is 409 g/mol. The summed E-state index contributed by atoms with van der Waals surface area (Å²) in [7, 11) is 0. The lowest BCUT2D eigenvalue weighted by atomic mass is 9.80. The first-order valence-corrected chi connectivity index (χ1v) is 10.3. The fourth-order valence-electron chi connectivity index (χ4n) is 3.93. The molecule has 1 aromatic heterocycles. The molecule has 1 fully saturated rings. The molecule has 0 unspecified atom stereocenters. The normalized spacial score (nSPS) is 21.6. The van der Waals surface area contributed by atoms with Crippen LogP contribution in [0.2, 0.25) is 0 Å². The van der Waals surface area contributed by atoms with Crippen LogP contribution >= 0.6 is 11.3 Å². The van der Waals surface area contributed by atoms with Crippen molar-refractivity contribution < 1.29 is 24.0 Å². The minimum atomic E-state index is -1.30. The molecule has 0 spiro atoms. The lowest BCUT2D eigenvalue weighted by Gasteiger charge is -2.38. The number of hydrogen-bond donors (Lipinski definition) is 0. The molecular weight excluding hydrogens is 390 g/mol. The number of carbonyl (C=O) groups is 5. The number of benzene rings is 1. The third-order valence-corrected chi connectivity index (χ3v) is 6.64. The quantitative estimate of drug-likeness (QED) is 0.430. The summed E-state index contributed by atoms with van der Waals surface area (Å²) in [6.07, 6.45) is 0.837. The number of aryl methyl sites for hydroxylation is 1. The van der Waals surface area contributed by atoms with Gasteiger partial charge in [-0.05, 0) is 48.9 Å². The van der Waals surface area contributed by atoms with Crippen LogP contribution < -0.4 is 0 Å². The first-order chi connectivity index (χ1) is 13.8. The number of rotatable bonds is 5. The Bertz CT molecular complexity index is 1060. The van der Waals surface area contributed by atoms with E-state index in [-0.39, 0.29) is 42.0 Å². The third-order valence-electron chi connectivity index (χ3n) is 5.73. The Labute approximate surface area is 171 Å². The highest BCUT2D eigenvalue weighted by molar-refractivity contribution is 7.12. The van der Waals surface area contributed by atoms with Gasteiger partial charge in [0, 0.05) is 12.8 Å². The minimum absolute atomic E-state index is 0.0366. The van der Waals surface area contributed by atoms with Gasteiger partial charge in [0.2, 0.25) is 0 Å². The van der Waals surface area contributed by atoms with Crippen LogP contribution in [0.25, 0.3) is 0 Å². The number of imide groups is 1. The Hall–Kier alpha value is -2.93. The number of hydrogen-bond acceptors (Lipinski definition) is 6. The Morgan fingerprint density at radius 3 is 2.55 bits per heavy atom. The molecule has 1 aliphatic heterocycles. The van der Waals surface area contributed by atoms with E-state index in [0.29, 0.717) is 17.7 Å². The number of fused-ring (bicyclic) bond motifs is 1. The molecule has 1 aliphatic carbocycles. The monoisotopic (exact) mass is 409 g/mol. The second-order valence-corrected chi connectivity index (χ2v) is 8.59. The van der Waals surface area contributed by atoms with E-state index in [1.54, 1.807) is 31.2 Å². The summed E-state index contributed by atoms with van der Waals surface area (Å²) in [5.74, 6) is -1.54. The van der Waals surface area contributed by atoms with Gasteiger partial charge in [0.25, 0.3) is 11.8 Å². The molecule has 1 aromatic carbocycles. The highest BCUT2D eigenvalue weighted by Crippen LogP contribution is 2.36. The van der Waals surface area contributed by atoms with Crippen LogP contribution in [-0.4, -0.2) is 39.6 Å². The number of amides is 2. The van der Waals surface area contributed by atoms with Gasteiger partial charge in [-0.3, -0.25) is 28.9 Å². The lowest BCUT2D eigenvalue weighted by Crippen LogP contribution is -2.57. The second kappa shape index (κ2) is 7.15. The van der Waals surface area contributed by atoms with Gasteiger partial charge in [-0.15, -0.1) is 11.3 Å². The molecular formula is C22H19NO5S. The van der Waals surface area contributed by atoms with Crippen LogP contribution in [0.3, 0.4) is 0 Å². The number of Topliss-reactive ketones (excluding diaryl/α,β-unsaturated/α-hetero) is 3. The SMILES string of the molecule is C[C@]1(N2C(=O)c3ccc(CCC(=O)c4cccs4)cc3C2=O)CCC(=O)CC1=O. The third kappa shape index (κ3) is 3.25. The van der Waals surface area contributed by atoms with Gasteiger partial charge in [0.1, 0.15) is 11.3 Å². The van der Waals surface area contributed by atoms with Crippen LogP contribution in [0.15, 0.2) is 35.7 Å². The van der Waals surface area contributed by atoms with Crippen molar-refractivity contribution in [3.05, 3.63) is 57.3 Å². The zero-order valence-electron chi connectivity index (χ0n) is 15.9. The maximum atomic E-state index is 13.0. The molecule has 0 saturated heterocycles. The van der Waals surface area contributed by atoms with E-state index in [9.17, 15) is 24.0 Å². The average Bonchev–Trinajstić information content (AvgIpc) is 3.31. The number of ketones is 3. The van der Waals surface area contributed by atoms with Gasteiger partial charge in [-0.2, -0.15) is 0 Å². The van der Waals surface area contributed by atoms with Crippen molar-refractivity contribution in [3.8, 4) is 0 Å². The molecule has 0 bridgehead atoms. The first-order valence-electron chi connectivity index (χ1n) is 9.45. The van der Waals surface area contributed by atoms with E-state index in [0.717, 1.165) is 10.5 Å². The van der Waals surface area contributed by atoms with Gasteiger partial charge in [-0.25, -0.2) is 0 Å². The second-order valence-electron chi connectivity index (χ2n) is 7.64. The van der Waals surface area contributed by atoms with E-state index in [1.165, 1.54) is 11.3 Å². The number of nitrogens with zero attached hydrogens (tertiary/aromatic N) is 1. The summed E-state index contributed by atoms with van der Waals surface area (Å²) in [4.78, 5) is 63.9. The highest BCUT2D eigenvalue weighted by Gasteiger charge is 2.52. The first kappa shape index (κ1) is 19.4. The number of carbonyl (C=O) groups excluding carboxylic acids is 5. The van der Waals surface area contributed by atoms with Gasteiger partial charge < -0.3 is 0 Å². The molecule has 2 amide bonds. The van der Waals surface area contributed by atoms with E-state index >= 15 is 0 Å². The molecule has 6 nitrogen and oxygen atoms in total. The van der Waals surface area contributed by atoms with Gasteiger partial charge in [0.05, 0.1) is 22.4 Å². The van der Waals surface area contributed by atoms with Crippen LogP contribution in [0.5, 0.6) is 0 Å². The summed E-state index contributed by atoms with van der Waals surface area (Å²) in [5, 5.41) is 1.85. The summed E-state index contributed by atoms with van der Waals surface area (Å²) >= 11 is 1.39. The number of thiophene rings is 1. The van der Waals surface area contributed by atoms with Crippen LogP contribution in [-0.2, 0) is 16.0 Å². The topological polar surface area (TPSA) is 88.6 Å². The Balaban J connectivity index is 1.56. The van der Waals surface area contributed by atoms with Crippen LogP contribution in [0.4, 0.5) is 0 Å². The molecule has 0 radical (unpaired) electrons. The zero-order valence-corrected chi connectivity index (χ0v) is 16.7. The molecule has 2 heterocycles. The summed E-state index contributed by atoms with van der Waals surface area (Å²) < 4.78 is 0. The van der Waals surface area contributed by atoms with E-state index in [1.807, 2.05) is 11.4 Å². The molecule has 4 rings (SSSR count). The zero-order chi connectivity index (χ0) is 20.8. The molecule has 1 saturated carbocycles. The van der Waals surface area contributed by atoms with Crippen molar-refractivity contribution >= 4 is 40.5 Å². The van der Waals surface area contributed by atoms with Crippen molar-refractivity contribution in [1.82, 2.24) is 4.90 Å². The summed E-state index contributed by atoms with van der Waals surface area (Å²) in [5.41, 5.74) is -0.000599. The van der Waals surface area contributed by atoms with Crippen molar-refractivity contribution in [2.45, 2.75) is 44.6 Å². The lowest BCUT2D eigenvalue weighted by molar-refractivity contribution is -0.137. The van der Waals surface area contributed by atoms with Crippen molar-refractivity contribution in [1.29, 1.82) is 0 Å². The van der Waals surface area contributed by atoms with Gasteiger partial charge >= 0.3 is 0 Å². The maximum Gasteiger partial charge on any atom is 0.262 e. The Morgan fingerprint density at radius 1 is 1.10 bits per heavy atom. The van der Waals surface area contributed by atoms with Crippen molar-refractivity contribution in [2.24, 2.45) is 0 Å². The van der Waals surface area contributed by atoms with E-state index in [2.05, 4.69) is 0 Å². The van der Waals surface area contributed by atoms with Gasteiger partial charge in [-0.1, -0.05) is 12.1 Å². The van der Waals surface area contributed by atoms with Gasteiger partial charge in [0.15, 0.2) is 11.6 Å². The highest BCUT2D eigenvalue weighted by atomic mass is 32.1. The molecule has 148 valence electrons. The smallest absolute Gasteiger partial charge is 0.262 e. The fourth-order valence-corrected chi connectivity index (χ4v) is 4.62. The maximum absolute atomic E-state index is 13.0. The van der Waals surface area contributed by atoms with Crippen LogP contribution in [0.1, 0.15) is 68.6 Å². The largest absolute Gasteiger partial charge is 0.299 e. The molecule has 7 heteroatoms. The van der Waals surface area contributed by atoms with Crippen molar-refractivity contribution in [3.63, 3.8) is 0 Å². The van der Waals surface area contributed by atoms with E-state index < -0.39 is 23.1 Å². The fraction of sp³-hybridized carbons (Fsp3) is 0.318. The summed E-state index contributed by atoms with van der Waals surface area (Å²) in [6, 6.07) is 8.57. The molecule has 29 heavy (non-hydrogen) atoms.